The van der Waals surface area contributed by atoms with E-state index in [-0.39, 0.29) is 43.0 Å². The van der Waals surface area contributed by atoms with Gasteiger partial charge >= 0.3 is 12.1 Å². The van der Waals surface area contributed by atoms with Crippen molar-refractivity contribution in [3.63, 3.8) is 0 Å². The maximum Gasteiger partial charge on any atom is 0.408 e. The third-order valence-electron chi connectivity index (χ3n) is 5.34. The molecule has 258 valence electrons. The average Bonchev–Trinajstić information content (AvgIpc) is 3.00. The average molecular weight is 646 g/mol. The van der Waals surface area contributed by atoms with Gasteiger partial charge in [0.05, 0.1) is 50.8 Å². The van der Waals surface area contributed by atoms with Crippen molar-refractivity contribution in [2.75, 3.05) is 59.4 Å². The lowest BCUT2D eigenvalue weighted by atomic mass is 10.0. The highest BCUT2D eigenvalue weighted by Crippen LogP contribution is 2.10. The number of rotatable bonds is 19. The highest BCUT2D eigenvalue weighted by Gasteiger charge is 2.10. The van der Waals surface area contributed by atoms with Crippen molar-refractivity contribution in [2.24, 2.45) is 11.8 Å². The number of alkyl carbamates (subject to hydrolysis) is 1. The summed E-state index contributed by atoms with van der Waals surface area (Å²) in [6.45, 7) is 19.5. The molecule has 0 saturated heterocycles. The molecule has 1 aromatic carbocycles. The van der Waals surface area contributed by atoms with Crippen LogP contribution in [0.15, 0.2) is 24.3 Å². The van der Waals surface area contributed by atoms with E-state index in [1.54, 1.807) is 24.3 Å². The third-order valence-corrected chi connectivity index (χ3v) is 5.34. The molecule has 0 aliphatic carbocycles. The van der Waals surface area contributed by atoms with Crippen molar-refractivity contribution < 1.29 is 42.8 Å². The number of carbonyl (C=O) groups is 3. The Morgan fingerprint density at radius 1 is 0.652 bits per heavy atom. The fraction of sp³-hybridized carbons (Fsp3) is 0.639. The van der Waals surface area contributed by atoms with Gasteiger partial charge in [-0.15, -0.1) is 0 Å². The van der Waals surface area contributed by atoms with E-state index in [1.165, 1.54) is 0 Å². The van der Waals surface area contributed by atoms with Crippen molar-refractivity contribution in [1.29, 1.82) is 0 Å². The highest BCUT2D eigenvalue weighted by molar-refractivity contribution is 5.97. The summed E-state index contributed by atoms with van der Waals surface area (Å²) >= 11 is 0. The fourth-order valence-corrected chi connectivity index (χ4v) is 3.22. The summed E-state index contributed by atoms with van der Waals surface area (Å²) in [6, 6.07) is 6.50. The first-order chi connectivity index (χ1) is 21.9. The highest BCUT2D eigenvalue weighted by atomic mass is 16.6. The molecule has 0 aliphatic heterocycles. The molecule has 1 N–H and O–H groups in total. The van der Waals surface area contributed by atoms with Crippen LogP contribution in [0.5, 0.6) is 0 Å². The summed E-state index contributed by atoms with van der Waals surface area (Å²) in [4.78, 5) is 35.3. The molecule has 0 aromatic heterocycles. The van der Waals surface area contributed by atoms with Crippen LogP contribution in [0, 0.1) is 35.5 Å². The molecule has 1 rings (SSSR count). The van der Waals surface area contributed by atoms with E-state index in [0.29, 0.717) is 70.2 Å². The molecule has 1 aromatic rings. The van der Waals surface area contributed by atoms with Gasteiger partial charge in [-0.1, -0.05) is 63.5 Å². The number of Topliss-reactive ketones (excluding diaryl/α,β-unsaturated/α-hetero) is 1. The molecule has 1 amide bonds. The normalized spacial score (nSPS) is 10.4. The molecule has 46 heavy (non-hydrogen) atoms. The Bertz CT molecular complexity index is 1090. The van der Waals surface area contributed by atoms with Crippen molar-refractivity contribution in [3.8, 4) is 23.7 Å². The van der Waals surface area contributed by atoms with E-state index in [9.17, 15) is 14.4 Å². The zero-order valence-corrected chi connectivity index (χ0v) is 29.1. The van der Waals surface area contributed by atoms with Gasteiger partial charge in [-0.3, -0.25) is 4.79 Å². The van der Waals surface area contributed by atoms with Gasteiger partial charge in [-0.05, 0) is 46.2 Å². The monoisotopic (exact) mass is 645 g/mol. The lowest BCUT2D eigenvalue weighted by Gasteiger charge is -2.08. The van der Waals surface area contributed by atoms with E-state index in [1.807, 2.05) is 55.4 Å². The Hall–Kier alpha value is -3.41. The van der Waals surface area contributed by atoms with Crippen molar-refractivity contribution >= 4 is 17.8 Å². The topological polar surface area (TPSA) is 119 Å². The first-order valence-electron chi connectivity index (χ1n) is 16.0. The Morgan fingerprint density at radius 3 is 1.67 bits per heavy atom. The molecule has 0 spiro atoms. The number of amides is 1. The predicted octanol–water partition coefficient (Wildman–Crippen LogP) is 5.72. The van der Waals surface area contributed by atoms with Crippen LogP contribution in [-0.2, 0) is 28.4 Å². The maximum atomic E-state index is 12.2. The predicted molar refractivity (Wildman–Crippen MR) is 179 cm³/mol. The van der Waals surface area contributed by atoms with Gasteiger partial charge in [-0.2, -0.15) is 0 Å². The lowest BCUT2D eigenvalue weighted by Crippen LogP contribution is -2.28. The molecule has 0 unspecified atom stereocenters. The summed E-state index contributed by atoms with van der Waals surface area (Å²) in [5, 5.41) is 2.58. The lowest BCUT2D eigenvalue weighted by molar-refractivity contribution is 0.0188. The molecular weight excluding hydrogens is 590 g/mol. The molecular formula is C36H55NO9. The summed E-state index contributed by atoms with van der Waals surface area (Å²) in [5.74, 6) is 11.5. The van der Waals surface area contributed by atoms with E-state index >= 15 is 0 Å². The summed E-state index contributed by atoms with van der Waals surface area (Å²) in [5.41, 5.74) is 0.987. The minimum absolute atomic E-state index is 0.0275. The molecule has 0 fully saturated rings. The molecule has 0 bridgehead atoms. The summed E-state index contributed by atoms with van der Waals surface area (Å²) in [6.07, 6.45) is 0.991. The number of ether oxygens (including phenoxy) is 6. The standard InChI is InChI=1S/C22H30O5.C14H25NO4/c1-17(2)7-5-14-27-22(24)20-11-9-19(10-12-20)21(23)8-6-13-25-15-16-26-18(3)4;1-12(2)6-5-8-19-14(16)15-7-9-17-10-11-18-13(3)4/h9-12,17-18H,6,8,13-16H2,1-4H3;12-13H,7-11H2,1-4H3,(H,15,16). The molecule has 0 radical (unpaired) electrons. The number of benzene rings is 1. The Labute approximate surface area is 276 Å². The molecule has 0 atom stereocenters. The Kier molecular flexibility index (Phi) is 25.8. The second kappa shape index (κ2) is 27.9. The van der Waals surface area contributed by atoms with Crippen LogP contribution in [0.1, 0.15) is 88.9 Å². The minimum atomic E-state index is -0.472. The quantitative estimate of drug-likeness (QED) is 0.0872. The molecule has 10 nitrogen and oxygen atoms in total. The van der Waals surface area contributed by atoms with Crippen LogP contribution in [-0.4, -0.2) is 89.5 Å². The summed E-state index contributed by atoms with van der Waals surface area (Å²) < 4.78 is 31.3. The smallest absolute Gasteiger partial charge is 0.408 e. The first kappa shape index (κ1) is 42.6. The van der Waals surface area contributed by atoms with Crippen molar-refractivity contribution in [3.05, 3.63) is 35.4 Å². The molecule has 0 aliphatic rings. The second-order valence-electron chi connectivity index (χ2n) is 11.2. The van der Waals surface area contributed by atoms with Gasteiger partial charge < -0.3 is 33.7 Å². The van der Waals surface area contributed by atoms with Crippen LogP contribution in [0.2, 0.25) is 0 Å². The minimum Gasteiger partial charge on any atom is -0.449 e. The Balaban J connectivity index is 0.000000939. The number of hydrogen-bond acceptors (Lipinski definition) is 9. The van der Waals surface area contributed by atoms with Crippen LogP contribution in [0.4, 0.5) is 4.79 Å². The zero-order valence-electron chi connectivity index (χ0n) is 29.1. The van der Waals surface area contributed by atoms with Gasteiger partial charge in [0, 0.05) is 37.0 Å². The van der Waals surface area contributed by atoms with Gasteiger partial charge in [0.15, 0.2) is 19.0 Å². The second-order valence-corrected chi connectivity index (χ2v) is 11.2. The Morgan fingerprint density at radius 2 is 1.15 bits per heavy atom. The van der Waals surface area contributed by atoms with Crippen molar-refractivity contribution in [1.82, 2.24) is 5.32 Å². The van der Waals surface area contributed by atoms with E-state index < -0.39 is 12.1 Å². The number of carbonyl (C=O) groups excluding carboxylic acids is 3. The van der Waals surface area contributed by atoms with Crippen LogP contribution in [0.3, 0.4) is 0 Å². The van der Waals surface area contributed by atoms with E-state index in [0.717, 1.165) is 0 Å². The van der Waals surface area contributed by atoms with Gasteiger partial charge in [0.2, 0.25) is 0 Å². The van der Waals surface area contributed by atoms with E-state index in [2.05, 4.69) is 29.0 Å². The summed E-state index contributed by atoms with van der Waals surface area (Å²) in [7, 11) is 0. The zero-order chi connectivity index (χ0) is 34.6. The van der Waals surface area contributed by atoms with Gasteiger partial charge in [-0.25, -0.2) is 9.59 Å². The van der Waals surface area contributed by atoms with Crippen LogP contribution < -0.4 is 5.32 Å². The number of nitrogens with one attached hydrogen (secondary N) is 1. The maximum absolute atomic E-state index is 12.2. The number of hydrogen-bond donors (Lipinski definition) is 1. The van der Waals surface area contributed by atoms with Gasteiger partial charge in [0.1, 0.15) is 0 Å². The fourth-order valence-electron chi connectivity index (χ4n) is 3.22. The van der Waals surface area contributed by atoms with E-state index in [4.69, 9.17) is 28.4 Å². The molecule has 0 saturated carbocycles. The number of esters is 1. The van der Waals surface area contributed by atoms with Gasteiger partial charge in [0.25, 0.3) is 0 Å². The number of ketones is 1. The van der Waals surface area contributed by atoms with Crippen LogP contribution in [0.25, 0.3) is 0 Å². The third kappa shape index (κ3) is 26.9. The van der Waals surface area contributed by atoms with Crippen LogP contribution >= 0.6 is 0 Å². The van der Waals surface area contributed by atoms with Crippen molar-refractivity contribution in [2.45, 2.75) is 80.4 Å². The molecule has 0 heterocycles. The SMILES string of the molecule is CC(C)C#CCOC(=O)NCCOCCOC(C)C.CC(C)C#CCOC(=O)c1ccc(C(=O)CCCOCCOC(C)C)cc1. The first-order valence-corrected chi connectivity index (χ1v) is 16.0. The largest absolute Gasteiger partial charge is 0.449 e. The molecule has 10 heteroatoms.